The zero-order chi connectivity index (χ0) is 18.8. The molecule has 3 atom stereocenters. The van der Waals surface area contributed by atoms with Crippen LogP contribution in [0.15, 0.2) is 49.3 Å². The molecule has 8 nitrogen and oxygen atoms in total. The van der Waals surface area contributed by atoms with E-state index in [1.165, 1.54) is 29.1 Å². The fourth-order valence-electron chi connectivity index (χ4n) is 3.54. The summed E-state index contributed by atoms with van der Waals surface area (Å²) in [5.41, 5.74) is 0.442. The summed E-state index contributed by atoms with van der Waals surface area (Å²) in [6, 6.07) is 3.75. The zero-order valence-electron chi connectivity index (χ0n) is 14.4. The molecule has 0 saturated heterocycles. The van der Waals surface area contributed by atoms with E-state index in [-0.39, 0.29) is 11.5 Å². The Balaban J connectivity index is 1.45. The molecule has 27 heavy (non-hydrogen) atoms. The summed E-state index contributed by atoms with van der Waals surface area (Å²) in [7, 11) is 0. The number of aliphatic hydroxyl groups is 1. The van der Waals surface area contributed by atoms with Crippen LogP contribution < -0.4 is 5.32 Å². The van der Waals surface area contributed by atoms with Gasteiger partial charge in [0.2, 0.25) is 0 Å². The first-order chi connectivity index (χ1) is 13.1. The van der Waals surface area contributed by atoms with Crippen molar-refractivity contribution in [1.29, 1.82) is 0 Å². The van der Waals surface area contributed by atoms with Crippen LogP contribution in [0.25, 0.3) is 5.69 Å². The van der Waals surface area contributed by atoms with Crippen molar-refractivity contribution in [1.82, 2.24) is 29.9 Å². The van der Waals surface area contributed by atoms with Crippen LogP contribution in [0.3, 0.4) is 0 Å². The van der Waals surface area contributed by atoms with Gasteiger partial charge in [-0.05, 0) is 37.0 Å². The second-order valence-electron chi connectivity index (χ2n) is 6.76. The van der Waals surface area contributed by atoms with Gasteiger partial charge in [0.15, 0.2) is 0 Å². The van der Waals surface area contributed by atoms with E-state index in [9.17, 15) is 14.3 Å². The highest BCUT2D eigenvalue weighted by Gasteiger charge is 2.34. The minimum atomic E-state index is -0.663. The summed E-state index contributed by atoms with van der Waals surface area (Å²) < 4.78 is 17.6. The van der Waals surface area contributed by atoms with Gasteiger partial charge in [-0.25, -0.2) is 14.1 Å². The summed E-state index contributed by atoms with van der Waals surface area (Å²) >= 11 is 0. The number of nitrogens with one attached hydrogen (secondary N) is 1. The lowest BCUT2D eigenvalue weighted by atomic mass is 10.1. The van der Waals surface area contributed by atoms with E-state index >= 15 is 0 Å². The highest BCUT2D eigenvalue weighted by atomic mass is 19.1. The van der Waals surface area contributed by atoms with Crippen molar-refractivity contribution in [2.45, 2.75) is 31.5 Å². The SMILES string of the molecule is O=C(N[C@@H]1CC(Cn2ccnc2)C[C@H]1O)c1cc(-n2ccnn2)ccc1F. The first-order valence-corrected chi connectivity index (χ1v) is 8.71. The largest absolute Gasteiger partial charge is 0.391 e. The average Bonchev–Trinajstić information content (AvgIpc) is 3.39. The molecular weight excluding hydrogens is 351 g/mol. The molecule has 1 aliphatic carbocycles. The Kier molecular flexibility index (Phi) is 4.68. The van der Waals surface area contributed by atoms with Crippen molar-refractivity contribution in [2.75, 3.05) is 0 Å². The molecule has 2 heterocycles. The number of nitrogens with zero attached hydrogens (tertiary/aromatic N) is 5. The van der Waals surface area contributed by atoms with Crippen LogP contribution in [0.4, 0.5) is 4.39 Å². The van der Waals surface area contributed by atoms with E-state index in [1.54, 1.807) is 18.7 Å². The lowest BCUT2D eigenvalue weighted by Gasteiger charge is -2.17. The van der Waals surface area contributed by atoms with Crippen molar-refractivity contribution in [3.63, 3.8) is 0 Å². The second-order valence-corrected chi connectivity index (χ2v) is 6.76. The molecule has 140 valence electrons. The Morgan fingerprint density at radius 3 is 2.93 bits per heavy atom. The highest BCUT2D eigenvalue weighted by Crippen LogP contribution is 2.28. The third-order valence-corrected chi connectivity index (χ3v) is 4.85. The van der Waals surface area contributed by atoms with Crippen LogP contribution in [-0.2, 0) is 6.54 Å². The summed E-state index contributed by atoms with van der Waals surface area (Å²) in [5, 5.41) is 20.6. The minimum Gasteiger partial charge on any atom is -0.391 e. The molecule has 1 saturated carbocycles. The number of aromatic nitrogens is 5. The monoisotopic (exact) mass is 370 g/mol. The number of carbonyl (C=O) groups is 1. The third kappa shape index (κ3) is 3.72. The average molecular weight is 370 g/mol. The quantitative estimate of drug-likeness (QED) is 0.703. The van der Waals surface area contributed by atoms with E-state index in [1.807, 2.05) is 10.8 Å². The van der Waals surface area contributed by atoms with Crippen molar-refractivity contribution in [3.8, 4) is 5.69 Å². The summed E-state index contributed by atoms with van der Waals surface area (Å²) in [6.07, 6.45) is 8.93. The molecule has 3 aromatic rings. The molecule has 4 rings (SSSR count). The van der Waals surface area contributed by atoms with Gasteiger partial charge in [0.25, 0.3) is 5.91 Å². The number of carbonyl (C=O) groups excluding carboxylic acids is 1. The molecule has 2 aromatic heterocycles. The number of hydrogen-bond donors (Lipinski definition) is 2. The maximum absolute atomic E-state index is 14.2. The van der Waals surface area contributed by atoms with Gasteiger partial charge < -0.3 is 15.0 Å². The molecule has 1 fully saturated rings. The van der Waals surface area contributed by atoms with Crippen LogP contribution in [0, 0.1) is 11.7 Å². The third-order valence-electron chi connectivity index (χ3n) is 4.85. The number of amides is 1. The lowest BCUT2D eigenvalue weighted by molar-refractivity contribution is 0.0869. The fourth-order valence-corrected chi connectivity index (χ4v) is 3.54. The number of hydrogen-bond acceptors (Lipinski definition) is 5. The Morgan fingerprint density at radius 2 is 2.19 bits per heavy atom. The second kappa shape index (κ2) is 7.28. The summed E-state index contributed by atoms with van der Waals surface area (Å²) in [4.78, 5) is 16.6. The van der Waals surface area contributed by atoms with Gasteiger partial charge in [0, 0.05) is 18.9 Å². The van der Waals surface area contributed by atoms with Crippen LogP contribution >= 0.6 is 0 Å². The molecule has 0 radical (unpaired) electrons. The fraction of sp³-hybridized carbons (Fsp3) is 0.333. The standard InChI is InChI=1S/C18H19FN6O2/c19-15-2-1-13(25-6-4-21-23-25)9-14(15)18(27)22-16-7-12(8-17(16)26)10-24-5-3-20-11-24/h1-6,9,11-12,16-17,26H,7-8,10H2,(H,22,27)/t12?,16-,17-/m1/s1. The van der Waals surface area contributed by atoms with Gasteiger partial charge in [-0.1, -0.05) is 5.21 Å². The molecule has 9 heteroatoms. The lowest BCUT2D eigenvalue weighted by Crippen LogP contribution is -2.40. The van der Waals surface area contributed by atoms with Gasteiger partial charge in [-0.3, -0.25) is 4.79 Å². The number of imidazole rings is 1. The van der Waals surface area contributed by atoms with E-state index in [4.69, 9.17) is 0 Å². The van der Waals surface area contributed by atoms with Gasteiger partial charge in [0.05, 0.1) is 42.1 Å². The van der Waals surface area contributed by atoms with Gasteiger partial charge >= 0.3 is 0 Å². The van der Waals surface area contributed by atoms with Crippen molar-refractivity contribution in [2.24, 2.45) is 5.92 Å². The van der Waals surface area contributed by atoms with Crippen molar-refractivity contribution < 1.29 is 14.3 Å². The van der Waals surface area contributed by atoms with E-state index in [0.717, 1.165) is 6.54 Å². The maximum atomic E-state index is 14.2. The Bertz CT molecular complexity index is 912. The summed E-state index contributed by atoms with van der Waals surface area (Å²) in [6.45, 7) is 0.722. The molecule has 1 aromatic carbocycles. The molecule has 1 aliphatic rings. The molecule has 0 aliphatic heterocycles. The molecule has 0 spiro atoms. The van der Waals surface area contributed by atoms with E-state index in [2.05, 4.69) is 20.6 Å². The number of aliphatic hydroxyl groups excluding tert-OH is 1. The molecule has 2 N–H and O–H groups in total. The number of benzene rings is 1. The van der Waals surface area contributed by atoms with Crippen LogP contribution in [-0.4, -0.2) is 47.7 Å². The Hall–Kier alpha value is -3.07. The predicted molar refractivity (Wildman–Crippen MR) is 93.5 cm³/mol. The molecule has 0 bridgehead atoms. The number of rotatable bonds is 5. The van der Waals surface area contributed by atoms with Gasteiger partial charge in [0.1, 0.15) is 5.82 Å². The van der Waals surface area contributed by atoms with E-state index in [0.29, 0.717) is 18.5 Å². The Morgan fingerprint density at radius 1 is 1.30 bits per heavy atom. The molecular formula is C18H19FN6O2. The number of halogens is 1. The zero-order valence-corrected chi connectivity index (χ0v) is 14.4. The first-order valence-electron chi connectivity index (χ1n) is 8.71. The topological polar surface area (TPSA) is 97.9 Å². The highest BCUT2D eigenvalue weighted by molar-refractivity contribution is 5.95. The predicted octanol–water partition coefficient (Wildman–Crippen LogP) is 1.17. The van der Waals surface area contributed by atoms with Gasteiger partial charge in [-0.15, -0.1) is 5.10 Å². The van der Waals surface area contributed by atoms with E-state index < -0.39 is 23.9 Å². The molecule has 1 unspecified atom stereocenters. The normalized spacial score (nSPS) is 22.1. The summed E-state index contributed by atoms with van der Waals surface area (Å²) in [5.74, 6) is -0.966. The van der Waals surface area contributed by atoms with Crippen molar-refractivity contribution in [3.05, 3.63) is 60.7 Å². The van der Waals surface area contributed by atoms with Crippen LogP contribution in [0.5, 0.6) is 0 Å². The van der Waals surface area contributed by atoms with Crippen molar-refractivity contribution >= 4 is 5.91 Å². The van der Waals surface area contributed by atoms with Crippen LogP contribution in [0.2, 0.25) is 0 Å². The first kappa shape index (κ1) is 17.3. The smallest absolute Gasteiger partial charge is 0.254 e. The van der Waals surface area contributed by atoms with Gasteiger partial charge in [-0.2, -0.15) is 0 Å². The Labute approximate surface area is 154 Å². The van der Waals surface area contributed by atoms with Crippen LogP contribution in [0.1, 0.15) is 23.2 Å². The minimum absolute atomic E-state index is 0.0896. The maximum Gasteiger partial charge on any atom is 0.254 e. The molecule has 1 amide bonds.